The van der Waals surface area contributed by atoms with Gasteiger partial charge in [-0.2, -0.15) is 0 Å². The number of rotatable bonds is 9. The zero-order valence-corrected chi connectivity index (χ0v) is 16.6. The Labute approximate surface area is 173 Å². The summed E-state index contributed by atoms with van der Waals surface area (Å²) in [5.74, 6) is 0.405. The SMILES string of the molecule is C=CCNC(=O)Nc1ccc(NC(=O)CCCOc2ccc(Cl)cc2Cl)cc1. The first-order valence-electron chi connectivity index (χ1n) is 8.61. The fourth-order valence-corrected chi connectivity index (χ4v) is 2.67. The number of ether oxygens (including phenoxy) is 1. The summed E-state index contributed by atoms with van der Waals surface area (Å²) in [4.78, 5) is 23.6. The topological polar surface area (TPSA) is 79.5 Å². The fourth-order valence-electron chi connectivity index (χ4n) is 2.21. The van der Waals surface area contributed by atoms with Crippen LogP contribution in [-0.2, 0) is 4.79 Å². The molecule has 0 aliphatic heterocycles. The highest BCUT2D eigenvalue weighted by atomic mass is 35.5. The van der Waals surface area contributed by atoms with Gasteiger partial charge in [-0.15, -0.1) is 6.58 Å². The molecule has 3 amide bonds. The number of carbonyl (C=O) groups is 2. The molecule has 0 radical (unpaired) electrons. The lowest BCUT2D eigenvalue weighted by Crippen LogP contribution is -2.28. The second-order valence-corrected chi connectivity index (χ2v) is 6.62. The molecule has 28 heavy (non-hydrogen) atoms. The molecule has 6 nitrogen and oxygen atoms in total. The summed E-state index contributed by atoms with van der Waals surface area (Å²) in [6.07, 6.45) is 2.43. The molecule has 148 valence electrons. The number of halogens is 2. The zero-order chi connectivity index (χ0) is 20.4. The Morgan fingerprint density at radius 3 is 2.36 bits per heavy atom. The van der Waals surface area contributed by atoms with Gasteiger partial charge in [0.05, 0.1) is 11.6 Å². The number of anilines is 2. The van der Waals surface area contributed by atoms with Crippen molar-refractivity contribution in [2.45, 2.75) is 12.8 Å². The first-order chi connectivity index (χ1) is 13.5. The van der Waals surface area contributed by atoms with Crippen LogP contribution < -0.4 is 20.7 Å². The smallest absolute Gasteiger partial charge is 0.319 e. The van der Waals surface area contributed by atoms with Crippen molar-refractivity contribution in [3.05, 3.63) is 65.2 Å². The molecule has 0 spiro atoms. The molecule has 0 heterocycles. The van der Waals surface area contributed by atoms with Crippen LogP contribution in [0.1, 0.15) is 12.8 Å². The van der Waals surface area contributed by atoms with Crippen molar-refractivity contribution < 1.29 is 14.3 Å². The van der Waals surface area contributed by atoms with E-state index < -0.39 is 0 Å². The average Bonchev–Trinajstić information content (AvgIpc) is 2.66. The van der Waals surface area contributed by atoms with Gasteiger partial charge in [-0.1, -0.05) is 29.3 Å². The minimum atomic E-state index is -0.322. The minimum absolute atomic E-state index is 0.129. The van der Waals surface area contributed by atoms with Crippen molar-refractivity contribution >= 4 is 46.5 Å². The second kappa shape index (κ2) is 11.2. The molecule has 0 saturated heterocycles. The van der Waals surface area contributed by atoms with Gasteiger partial charge in [0.25, 0.3) is 0 Å². The molecule has 0 fully saturated rings. The number of amides is 3. The Hall–Kier alpha value is -2.70. The zero-order valence-electron chi connectivity index (χ0n) is 15.1. The molecule has 0 bridgehead atoms. The largest absolute Gasteiger partial charge is 0.492 e. The molecule has 0 saturated carbocycles. The number of benzene rings is 2. The van der Waals surface area contributed by atoms with Gasteiger partial charge >= 0.3 is 6.03 Å². The first kappa shape index (κ1) is 21.6. The lowest BCUT2D eigenvalue weighted by molar-refractivity contribution is -0.116. The molecular formula is C20H21Cl2N3O3. The molecule has 0 unspecified atom stereocenters. The third kappa shape index (κ3) is 7.50. The van der Waals surface area contributed by atoms with Crippen LogP contribution in [-0.4, -0.2) is 25.1 Å². The monoisotopic (exact) mass is 421 g/mol. The van der Waals surface area contributed by atoms with E-state index in [1.165, 1.54) is 0 Å². The van der Waals surface area contributed by atoms with Crippen molar-refractivity contribution in [1.29, 1.82) is 0 Å². The highest BCUT2D eigenvalue weighted by molar-refractivity contribution is 6.35. The van der Waals surface area contributed by atoms with Gasteiger partial charge in [0.1, 0.15) is 5.75 Å². The third-order valence-corrected chi connectivity index (χ3v) is 4.06. The maximum atomic E-state index is 12.0. The summed E-state index contributed by atoms with van der Waals surface area (Å²) in [5.41, 5.74) is 1.26. The van der Waals surface area contributed by atoms with Crippen LogP contribution in [0.3, 0.4) is 0 Å². The maximum absolute atomic E-state index is 12.0. The molecular weight excluding hydrogens is 401 g/mol. The lowest BCUT2D eigenvalue weighted by atomic mass is 10.2. The Bertz CT molecular complexity index is 826. The molecule has 2 aromatic rings. The van der Waals surface area contributed by atoms with E-state index in [0.717, 1.165) is 0 Å². The summed E-state index contributed by atoms with van der Waals surface area (Å²) in [7, 11) is 0. The molecule has 8 heteroatoms. The van der Waals surface area contributed by atoms with Crippen LogP contribution in [0.2, 0.25) is 10.0 Å². The summed E-state index contributed by atoms with van der Waals surface area (Å²) < 4.78 is 5.55. The van der Waals surface area contributed by atoms with Crippen LogP contribution in [0, 0.1) is 0 Å². The molecule has 3 N–H and O–H groups in total. The third-order valence-electron chi connectivity index (χ3n) is 3.53. The standard InChI is InChI=1S/C20H21Cl2N3O3/c1-2-11-23-20(27)25-16-8-6-15(7-9-16)24-19(26)4-3-12-28-18-10-5-14(21)13-17(18)22/h2,5-10,13H,1,3-4,11-12H2,(H,24,26)(H2,23,25,27). The number of urea groups is 1. The lowest BCUT2D eigenvalue weighted by Gasteiger charge is -2.09. The van der Waals surface area contributed by atoms with Crippen molar-refractivity contribution in [3.8, 4) is 5.75 Å². The predicted molar refractivity (Wildman–Crippen MR) is 113 cm³/mol. The van der Waals surface area contributed by atoms with E-state index in [1.807, 2.05) is 0 Å². The molecule has 2 rings (SSSR count). The summed E-state index contributed by atoms with van der Waals surface area (Å²) >= 11 is 11.9. The minimum Gasteiger partial charge on any atom is -0.492 e. The van der Waals surface area contributed by atoms with E-state index in [-0.39, 0.29) is 11.9 Å². The van der Waals surface area contributed by atoms with E-state index in [9.17, 15) is 9.59 Å². The molecule has 0 aliphatic carbocycles. The van der Waals surface area contributed by atoms with Crippen molar-refractivity contribution in [2.75, 3.05) is 23.8 Å². The Kier molecular flexibility index (Phi) is 8.65. The van der Waals surface area contributed by atoms with Crippen LogP contribution >= 0.6 is 23.2 Å². The second-order valence-electron chi connectivity index (χ2n) is 5.78. The number of hydrogen-bond acceptors (Lipinski definition) is 3. The van der Waals surface area contributed by atoms with E-state index in [2.05, 4.69) is 22.5 Å². The summed E-state index contributed by atoms with van der Waals surface area (Å²) in [6.45, 7) is 4.27. The quantitative estimate of drug-likeness (QED) is 0.389. The highest BCUT2D eigenvalue weighted by Gasteiger charge is 2.06. The van der Waals surface area contributed by atoms with Gasteiger partial charge in [0.15, 0.2) is 0 Å². The van der Waals surface area contributed by atoms with Gasteiger partial charge in [-0.3, -0.25) is 4.79 Å². The van der Waals surface area contributed by atoms with E-state index in [0.29, 0.717) is 53.2 Å². The Morgan fingerprint density at radius 1 is 1.04 bits per heavy atom. The van der Waals surface area contributed by atoms with Crippen molar-refractivity contribution in [1.82, 2.24) is 5.32 Å². The highest BCUT2D eigenvalue weighted by Crippen LogP contribution is 2.27. The molecule has 0 aliphatic rings. The molecule has 2 aromatic carbocycles. The molecule has 0 aromatic heterocycles. The predicted octanol–water partition coefficient (Wildman–Crippen LogP) is 5.10. The number of carbonyl (C=O) groups excluding carboxylic acids is 2. The average molecular weight is 422 g/mol. The van der Waals surface area contributed by atoms with E-state index >= 15 is 0 Å². The van der Waals surface area contributed by atoms with Crippen LogP contribution in [0.4, 0.5) is 16.2 Å². The Morgan fingerprint density at radius 2 is 1.71 bits per heavy atom. The first-order valence-corrected chi connectivity index (χ1v) is 9.37. The van der Waals surface area contributed by atoms with Crippen molar-refractivity contribution in [2.24, 2.45) is 0 Å². The van der Waals surface area contributed by atoms with Crippen LogP contribution in [0.15, 0.2) is 55.1 Å². The van der Waals surface area contributed by atoms with Gasteiger partial charge in [-0.05, 0) is 48.9 Å². The summed E-state index contributed by atoms with van der Waals surface area (Å²) in [5, 5.41) is 9.05. The molecule has 0 atom stereocenters. The maximum Gasteiger partial charge on any atom is 0.319 e. The number of nitrogens with one attached hydrogen (secondary N) is 3. The van der Waals surface area contributed by atoms with Gasteiger partial charge in [0, 0.05) is 29.4 Å². The van der Waals surface area contributed by atoms with Crippen LogP contribution in [0.25, 0.3) is 0 Å². The van der Waals surface area contributed by atoms with Gasteiger partial charge in [-0.25, -0.2) is 4.79 Å². The van der Waals surface area contributed by atoms with E-state index in [4.69, 9.17) is 27.9 Å². The summed E-state index contributed by atoms with van der Waals surface area (Å²) in [6, 6.07) is 11.5. The normalized spacial score (nSPS) is 10.1. The van der Waals surface area contributed by atoms with Crippen molar-refractivity contribution in [3.63, 3.8) is 0 Å². The van der Waals surface area contributed by atoms with Crippen LogP contribution in [0.5, 0.6) is 5.75 Å². The number of hydrogen-bond donors (Lipinski definition) is 3. The van der Waals surface area contributed by atoms with E-state index in [1.54, 1.807) is 48.5 Å². The Balaban J connectivity index is 1.71. The van der Waals surface area contributed by atoms with Gasteiger partial charge in [0.2, 0.25) is 5.91 Å². The fraction of sp³-hybridized carbons (Fsp3) is 0.200. The van der Waals surface area contributed by atoms with Gasteiger partial charge < -0.3 is 20.7 Å².